The molecule has 4 heteroatoms. The van der Waals surface area contributed by atoms with E-state index < -0.39 is 0 Å². The molecule has 0 amide bonds. The summed E-state index contributed by atoms with van der Waals surface area (Å²) in [5, 5.41) is 3.49. The quantitative estimate of drug-likeness (QED) is 0.637. The van der Waals surface area contributed by atoms with E-state index in [-0.39, 0.29) is 11.9 Å². The van der Waals surface area contributed by atoms with Crippen LogP contribution in [0.3, 0.4) is 0 Å². The molecule has 1 atom stereocenters. The topological polar surface area (TPSA) is 45.9 Å². The molecule has 30 heavy (non-hydrogen) atoms. The second-order valence-electron chi connectivity index (χ2n) is 7.85. The maximum Gasteiger partial charge on any atom is 0.359 e. The molecule has 0 saturated heterocycles. The number of anilines is 1. The molecule has 4 nitrogen and oxygen atoms in total. The maximum atomic E-state index is 13.3. The third-order valence-corrected chi connectivity index (χ3v) is 5.72. The summed E-state index contributed by atoms with van der Waals surface area (Å²) in [4.78, 5) is 18.3. The number of hydrogen-bond acceptors (Lipinski definition) is 3. The standard InChI is InChI=1S/C26H23N3O/c30-26-23(17-20-12-6-2-7-13-20)28-25-22(16-19-10-4-1-5-11-19)27-24(18-29(25)26)21-14-8-3-9-15-21/h1-6,8-12,14-15,18,23H,7,13,16-17H2/p+1. The zero-order valence-electron chi connectivity index (χ0n) is 16.8. The highest BCUT2D eigenvalue weighted by Gasteiger charge is 2.41. The Morgan fingerprint density at radius 1 is 1.03 bits per heavy atom. The summed E-state index contributed by atoms with van der Waals surface area (Å²) in [5.74, 6) is 0.912. The second kappa shape index (κ2) is 8.07. The van der Waals surface area contributed by atoms with Crippen molar-refractivity contribution in [1.82, 2.24) is 4.98 Å². The van der Waals surface area contributed by atoms with Crippen molar-refractivity contribution in [1.29, 1.82) is 0 Å². The van der Waals surface area contributed by atoms with Gasteiger partial charge < -0.3 is 0 Å². The fourth-order valence-electron chi connectivity index (χ4n) is 4.16. The first-order chi connectivity index (χ1) is 14.8. The molecule has 1 aliphatic heterocycles. The molecular weight excluding hydrogens is 370 g/mol. The molecule has 2 aromatic carbocycles. The van der Waals surface area contributed by atoms with Crippen molar-refractivity contribution in [2.24, 2.45) is 0 Å². The summed E-state index contributed by atoms with van der Waals surface area (Å²) in [6, 6.07) is 20.1. The lowest BCUT2D eigenvalue weighted by molar-refractivity contribution is -0.552. The monoisotopic (exact) mass is 394 g/mol. The number of benzene rings is 2. The number of aromatic nitrogens is 2. The zero-order chi connectivity index (χ0) is 20.3. The predicted molar refractivity (Wildman–Crippen MR) is 118 cm³/mol. The summed E-state index contributed by atoms with van der Waals surface area (Å²) in [6.07, 6.45) is 11.8. The number of nitrogens with zero attached hydrogens (tertiary/aromatic N) is 2. The molecule has 1 N–H and O–H groups in total. The van der Waals surface area contributed by atoms with Crippen LogP contribution in [-0.2, 0) is 6.42 Å². The van der Waals surface area contributed by atoms with Crippen molar-refractivity contribution >= 4 is 11.7 Å². The lowest BCUT2D eigenvalue weighted by atomic mass is 9.98. The van der Waals surface area contributed by atoms with Gasteiger partial charge in [-0.25, -0.2) is 9.78 Å². The van der Waals surface area contributed by atoms with Crippen molar-refractivity contribution < 1.29 is 9.36 Å². The van der Waals surface area contributed by atoms with Crippen molar-refractivity contribution in [2.45, 2.75) is 31.7 Å². The van der Waals surface area contributed by atoms with Crippen LogP contribution in [0.15, 0.2) is 90.7 Å². The number of nitrogens with one attached hydrogen (secondary N) is 1. The van der Waals surface area contributed by atoms with Gasteiger partial charge in [-0.2, -0.15) is 4.57 Å². The number of carbonyl (C=O) groups is 1. The van der Waals surface area contributed by atoms with Gasteiger partial charge in [0.15, 0.2) is 6.04 Å². The van der Waals surface area contributed by atoms with Gasteiger partial charge in [-0.3, -0.25) is 5.32 Å². The van der Waals surface area contributed by atoms with Gasteiger partial charge in [0.05, 0.1) is 0 Å². The molecule has 0 fully saturated rings. The first-order valence-corrected chi connectivity index (χ1v) is 10.5. The molecule has 1 aromatic heterocycles. The molecule has 0 saturated carbocycles. The molecule has 0 bridgehead atoms. The van der Waals surface area contributed by atoms with E-state index >= 15 is 0 Å². The highest BCUT2D eigenvalue weighted by Crippen LogP contribution is 2.27. The predicted octanol–water partition coefficient (Wildman–Crippen LogP) is 4.73. The number of fused-ring (bicyclic) bond motifs is 1. The molecule has 3 aromatic rings. The van der Waals surface area contributed by atoms with Crippen LogP contribution in [0.5, 0.6) is 0 Å². The van der Waals surface area contributed by atoms with Crippen molar-refractivity contribution in [3.8, 4) is 11.3 Å². The molecular formula is C26H24N3O+. The Hall–Kier alpha value is -3.53. The van der Waals surface area contributed by atoms with Crippen molar-refractivity contribution in [2.75, 3.05) is 5.32 Å². The van der Waals surface area contributed by atoms with E-state index in [1.807, 2.05) is 54.7 Å². The average molecular weight is 394 g/mol. The fourth-order valence-corrected chi connectivity index (χ4v) is 4.16. The highest BCUT2D eigenvalue weighted by atomic mass is 16.2. The Balaban J connectivity index is 1.53. The van der Waals surface area contributed by atoms with Crippen LogP contribution in [0.2, 0.25) is 0 Å². The lowest BCUT2D eigenvalue weighted by Crippen LogP contribution is -2.43. The number of carbonyl (C=O) groups excluding carboxylic acids is 1. The normalized spacial score (nSPS) is 17.4. The first-order valence-electron chi connectivity index (χ1n) is 10.5. The molecule has 0 radical (unpaired) electrons. The van der Waals surface area contributed by atoms with Crippen LogP contribution in [0, 0.1) is 0 Å². The maximum absolute atomic E-state index is 13.3. The van der Waals surface area contributed by atoms with Gasteiger partial charge in [0.25, 0.3) is 0 Å². The van der Waals surface area contributed by atoms with Gasteiger partial charge in [0.1, 0.15) is 17.6 Å². The van der Waals surface area contributed by atoms with E-state index in [1.165, 1.54) is 11.1 Å². The van der Waals surface area contributed by atoms with Gasteiger partial charge >= 0.3 is 11.7 Å². The number of hydrogen-bond donors (Lipinski definition) is 1. The minimum absolute atomic E-state index is 0.0920. The van der Waals surface area contributed by atoms with Gasteiger partial charge in [0.2, 0.25) is 0 Å². The largest absolute Gasteiger partial charge is 0.359 e. The van der Waals surface area contributed by atoms with Gasteiger partial charge in [-0.1, -0.05) is 84.5 Å². The Morgan fingerprint density at radius 2 is 1.80 bits per heavy atom. The van der Waals surface area contributed by atoms with E-state index in [0.29, 0.717) is 6.42 Å². The Morgan fingerprint density at radius 3 is 2.53 bits per heavy atom. The van der Waals surface area contributed by atoms with E-state index in [9.17, 15) is 4.79 Å². The van der Waals surface area contributed by atoms with Crippen LogP contribution >= 0.6 is 0 Å². The van der Waals surface area contributed by atoms with Gasteiger partial charge in [-0.05, 0) is 18.4 Å². The number of allylic oxidation sites excluding steroid dienone is 3. The summed E-state index contributed by atoms with van der Waals surface area (Å²) in [5.41, 5.74) is 5.23. The van der Waals surface area contributed by atoms with Crippen LogP contribution in [0.1, 0.15) is 35.3 Å². The summed E-state index contributed by atoms with van der Waals surface area (Å²) in [6.45, 7) is 0. The molecule has 0 spiro atoms. The molecule has 5 rings (SSSR count). The van der Waals surface area contributed by atoms with Crippen LogP contribution < -0.4 is 9.88 Å². The summed E-state index contributed by atoms with van der Waals surface area (Å²) < 4.78 is 1.78. The lowest BCUT2D eigenvalue weighted by Gasteiger charge is -2.10. The molecule has 148 valence electrons. The average Bonchev–Trinajstić information content (AvgIpc) is 3.11. The van der Waals surface area contributed by atoms with Crippen LogP contribution in [0.25, 0.3) is 11.3 Å². The van der Waals surface area contributed by atoms with Gasteiger partial charge in [0, 0.05) is 18.4 Å². The van der Waals surface area contributed by atoms with E-state index in [0.717, 1.165) is 42.0 Å². The second-order valence-corrected chi connectivity index (χ2v) is 7.85. The van der Waals surface area contributed by atoms with Crippen molar-refractivity contribution in [3.05, 3.63) is 102 Å². The minimum Gasteiger partial charge on any atom is -0.258 e. The minimum atomic E-state index is -0.245. The van der Waals surface area contributed by atoms with Gasteiger partial charge in [-0.15, -0.1) is 0 Å². The third-order valence-electron chi connectivity index (χ3n) is 5.72. The highest BCUT2D eigenvalue weighted by molar-refractivity contribution is 5.82. The van der Waals surface area contributed by atoms with E-state index in [2.05, 4.69) is 35.7 Å². The summed E-state index contributed by atoms with van der Waals surface area (Å²) >= 11 is 0. The van der Waals surface area contributed by atoms with Crippen LogP contribution in [-0.4, -0.2) is 16.9 Å². The van der Waals surface area contributed by atoms with Crippen molar-refractivity contribution in [3.63, 3.8) is 0 Å². The Kier molecular flexibility index (Phi) is 4.98. The molecule has 2 aliphatic rings. The smallest absolute Gasteiger partial charge is 0.258 e. The molecule has 2 heterocycles. The third kappa shape index (κ3) is 3.69. The number of rotatable bonds is 5. The van der Waals surface area contributed by atoms with E-state index in [4.69, 9.17) is 4.98 Å². The first kappa shape index (κ1) is 18.5. The summed E-state index contributed by atoms with van der Waals surface area (Å²) in [7, 11) is 0. The van der Waals surface area contributed by atoms with Crippen LogP contribution in [0.4, 0.5) is 5.82 Å². The fraction of sp³-hybridized carbons (Fsp3) is 0.192. The zero-order valence-corrected chi connectivity index (χ0v) is 16.8. The molecule has 1 aliphatic carbocycles. The van der Waals surface area contributed by atoms with E-state index in [1.54, 1.807) is 4.57 Å². The Labute approximate surface area is 176 Å². The Bertz CT molecular complexity index is 1130. The SMILES string of the molecule is O=C1C(CC2=CC=CCC2)Nc2c(Cc3ccccc3)nc(-c3ccccc3)c[n+]21. The molecule has 1 unspecified atom stereocenters.